The number of furan rings is 1. The van der Waals surface area contributed by atoms with Gasteiger partial charge in [-0.2, -0.15) is 0 Å². The molecule has 0 aliphatic rings. The summed E-state index contributed by atoms with van der Waals surface area (Å²) < 4.78 is 6.87. The van der Waals surface area contributed by atoms with Crippen LogP contribution >= 0.6 is 15.9 Å². The van der Waals surface area contributed by atoms with Gasteiger partial charge in [-0.25, -0.2) is 0 Å². The third-order valence-electron chi connectivity index (χ3n) is 3.50. The van der Waals surface area contributed by atoms with E-state index in [0.717, 1.165) is 37.8 Å². The van der Waals surface area contributed by atoms with Crippen molar-refractivity contribution in [2.75, 3.05) is 5.32 Å². The summed E-state index contributed by atoms with van der Waals surface area (Å²) >= 11 is 3.61. The summed E-state index contributed by atoms with van der Waals surface area (Å²) in [4.78, 5) is 0. The van der Waals surface area contributed by atoms with Gasteiger partial charge in [-0.3, -0.25) is 0 Å². The van der Waals surface area contributed by atoms with Gasteiger partial charge < -0.3 is 9.73 Å². The van der Waals surface area contributed by atoms with Gasteiger partial charge in [0, 0.05) is 22.1 Å². The number of nitrogens with one attached hydrogen (secondary N) is 1. The molecule has 0 saturated heterocycles. The lowest BCUT2D eigenvalue weighted by atomic mass is 10.1. The average Bonchev–Trinajstić information content (AvgIpc) is 2.88. The van der Waals surface area contributed by atoms with Crippen molar-refractivity contribution in [3.63, 3.8) is 0 Å². The lowest BCUT2D eigenvalue weighted by molar-refractivity contribution is 0.667. The largest absolute Gasteiger partial charge is 0.455 e. The molecule has 0 fully saturated rings. The van der Waals surface area contributed by atoms with Gasteiger partial charge in [0.2, 0.25) is 0 Å². The van der Waals surface area contributed by atoms with E-state index in [1.165, 1.54) is 0 Å². The Morgan fingerprint density at radius 1 is 0.762 bits per heavy atom. The highest BCUT2D eigenvalue weighted by Crippen LogP contribution is 2.36. The summed E-state index contributed by atoms with van der Waals surface area (Å²) in [6, 6.07) is 22.4. The van der Waals surface area contributed by atoms with Crippen LogP contribution in [0.4, 0.5) is 11.4 Å². The van der Waals surface area contributed by atoms with E-state index in [1.807, 2.05) is 54.6 Å². The lowest BCUT2D eigenvalue weighted by Crippen LogP contribution is -1.89. The van der Waals surface area contributed by atoms with Gasteiger partial charge in [0.1, 0.15) is 11.2 Å². The van der Waals surface area contributed by atoms with Gasteiger partial charge in [-0.1, -0.05) is 36.4 Å². The Kier molecular flexibility index (Phi) is 2.93. The van der Waals surface area contributed by atoms with Gasteiger partial charge in [-0.05, 0) is 46.3 Å². The van der Waals surface area contributed by atoms with Gasteiger partial charge in [0.05, 0.1) is 4.47 Å². The Morgan fingerprint density at radius 2 is 1.52 bits per heavy atom. The SMILES string of the molecule is Brc1cc(Nc2ccccc2)cc2c1oc1ccccc12. The van der Waals surface area contributed by atoms with Crippen LogP contribution in [-0.2, 0) is 0 Å². The molecule has 0 bridgehead atoms. The normalized spacial score (nSPS) is 11.1. The van der Waals surface area contributed by atoms with Crippen LogP contribution in [0.3, 0.4) is 0 Å². The molecule has 0 spiro atoms. The monoisotopic (exact) mass is 337 g/mol. The third kappa shape index (κ3) is 2.20. The molecule has 0 radical (unpaired) electrons. The van der Waals surface area contributed by atoms with Crippen molar-refractivity contribution in [1.82, 2.24) is 0 Å². The molecule has 0 saturated carbocycles. The van der Waals surface area contributed by atoms with Crippen LogP contribution in [0.1, 0.15) is 0 Å². The fourth-order valence-electron chi connectivity index (χ4n) is 2.55. The summed E-state index contributed by atoms with van der Waals surface area (Å²) in [7, 11) is 0. The molecular weight excluding hydrogens is 326 g/mol. The summed E-state index contributed by atoms with van der Waals surface area (Å²) in [5, 5.41) is 5.66. The number of hydrogen-bond donors (Lipinski definition) is 1. The van der Waals surface area contributed by atoms with E-state index in [4.69, 9.17) is 4.42 Å². The first-order chi connectivity index (χ1) is 10.3. The Balaban J connectivity index is 1.89. The fraction of sp³-hybridized carbons (Fsp3) is 0. The molecule has 4 rings (SSSR count). The van der Waals surface area contributed by atoms with Crippen LogP contribution in [0, 0.1) is 0 Å². The first-order valence-corrected chi connectivity index (χ1v) is 7.53. The summed E-state index contributed by atoms with van der Waals surface area (Å²) in [6.07, 6.45) is 0. The van der Waals surface area contributed by atoms with Crippen molar-refractivity contribution >= 4 is 49.2 Å². The molecule has 2 nitrogen and oxygen atoms in total. The first-order valence-electron chi connectivity index (χ1n) is 6.74. The van der Waals surface area contributed by atoms with Crippen LogP contribution in [-0.4, -0.2) is 0 Å². The predicted octanol–water partition coefficient (Wildman–Crippen LogP) is 6.09. The van der Waals surface area contributed by atoms with Gasteiger partial charge in [0.25, 0.3) is 0 Å². The number of fused-ring (bicyclic) bond motifs is 3. The number of halogens is 1. The number of para-hydroxylation sites is 2. The van der Waals surface area contributed by atoms with E-state index in [9.17, 15) is 0 Å². The molecule has 102 valence electrons. The maximum Gasteiger partial charge on any atom is 0.149 e. The number of benzene rings is 3. The molecule has 0 atom stereocenters. The highest BCUT2D eigenvalue weighted by molar-refractivity contribution is 9.10. The van der Waals surface area contributed by atoms with Crippen LogP contribution in [0.15, 0.2) is 75.6 Å². The quantitative estimate of drug-likeness (QED) is 0.478. The Labute approximate surface area is 130 Å². The van der Waals surface area contributed by atoms with Crippen molar-refractivity contribution in [2.45, 2.75) is 0 Å². The molecule has 1 heterocycles. The zero-order valence-corrected chi connectivity index (χ0v) is 12.7. The topological polar surface area (TPSA) is 25.2 Å². The van der Waals surface area contributed by atoms with E-state index in [2.05, 4.69) is 33.4 Å². The number of rotatable bonds is 2. The predicted molar refractivity (Wildman–Crippen MR) is 91.1 cm³/mol. The van der Waals surface area contributed by atoms with E-state index in [1.54, 1.807) is 0 Å². The Bertz CT molecular complexity index is 928. The second-order valence-corrected chi connectivity index (χ2v) is 5.78. The zero-order valence-electron chi connectivity index (χ0n) is 11.1. The number of anilines is 2. The van der Waals surface area contributed by atoms with Crippen LogP contribution < -0.4 is 5.32 Å². The van der Waals surface area contributed by atoms with Gasteiger partial charge in [0.15, 0.2) is 0 Å². The van der Waals surface area contributed by atoms with Gasteiger partial charge in [-0.15, -0.1) is 0 Å². The van der Waals surface area contributed by atoms with Crippen LogP contribution in [0.5, 0.6) is 0 Å². The minimum Gasteiger partial charge on any atom is -0.455 e. The molecule has 1 aromatic heterocycles. The summed E-state index contributed by atoms with van der Waals surface area (Å²) in [5.41, 5.74) is 3.89. The Morgan fingerprint density at radius 3 is 2.38 bits per heavy atom. The maximum absolute atomic E-state index is 5.91. The number of hydrogen-bond acceptors (Lipinski definition) is 2. The van der Waals surface area contributed by atoms with E-state index >= 15 is 0 Å². The minimum absolute atomic E-state index is 0.884. The van der Waals surface area contributed by atoms with E-state index < -0.39 is 0 Å². The highest BCUT2D eigenvalue weighted by atomic mass is 79.9. The first kappa shape index (κ1) is 12.5. The van der Waals surface area contributed by atoms with Crippen molar-refractivity contribution in [1.29, 1.82) is 0 Å². The average molecular weight is 338 g/mol. The smallest absolute Gasteiger partial charge is 0.149 e. The molecule has 1 N–H and O–H groups in total. The van der Waals surface area contributed by atoms with Crippen molar-refractivity contribution in [3.8, 4) is 0 Å². The summed E-state index contributed by atoms with van der Waals surface area (Å²) in [6.45, 7) is 0. The molecule has 21 heavy (non-hydrogen) atoms. The highest BCUT2D eigenvalue weighted by Gasteiger charge is 2.11. The fourth-order valence-corrected chi connectivity index (χ4v) is 3.09. The van der Waals surface area contributed by atoms with Crippen molar-refractivity contribution in [3.05, 3.63) is 71.2 Å². The standard InChI is InChI=1S/C18H12BrNO/c19-16-11-13(20-12-6-2-1-3-7-12)10-15-14-8-4-5-9-17(14)21-18(15)16/h1-11,20H. The van der Waals surface area contributed by atoms with Crippen molar-refractivity contribution in [2.24, 2.45) is 0 Å². The molecule has 3 aromatic carbocycles. The second kappa shape index (κ2) is 4.93. The maximum atomic E-state index is 5.91. The zero-order chi connectivity index (χ0) is 14.2. The van der Waals surface area contributed by atoms with Crippen LogP contribution in [0.2, 0.25) is 0 Å². The molecule has 0 aliphatic carbocycles. The molecule has 3 heteroatoms. The third-order valence-corrected chi connectivity index (χ3v) is 4.08. The Hall–Kier alpha value is -2.26. The second-order valence-electron chi connectivity index (χ2n) is 4.92. The van der Waals surface area contributed by atoms with Crippen molar-refractivity contribution < 1.29 is 4.42 Å². The van der Waals surface area contributed by atoms with Crippen LogP contribution in [0.25, 0.3) is 21.9 Å². The molecule has 4 aromatic rings. The lowest BCUT2D eigenvalue weighted by Gasteiger charge is -2.07. The minimum atomic E-state index is 0.884. The molecule has 0 aliphatic heterocycles. The molecule has 0 amide bonds. The van der Waals surface area contributed by atoms with E-state index in [0.29, 0.717) is 0 Å². The van der Waals surface area contributed by atoms with Gasteiger partial charge >= 0.3 is 0 Å². The molecular formula is C18H12BrNO. The summed E-state index contributed by atoms with van der Waals surface area (Å²) in [5.74, 6) is 0. The molecule has 0 unspecified atom stereocenters. The van der Waals surface area contributed by atoms with E-state index in [-0.39, 0.29) is 0 Å².